The first-order valence-electron chi connectivity index (χ1n) is 12.9. The van der Waals surface area contributed by atoms with E-state index < -0.39 is 12.1 Å². The van der Waals surface area contributed by atoms with Crippen LogP contribution >= 0.6 is 55.1 Å². The summed E-state index contributed by atoms with van der Waals surface area (Å²) in [5, 5.41) is 0.634. The Kier molecular flexibility index (Phi) is 7.51. The number of carbonyl (C=O) groups excluding carboxylic acids is 1. The van der Waals surface area contributed by atoms with E-state index in [1.807, 2.05) is 6.08 Å². The summed E-state index contributed by atoms with van der Waals surface area (Å²) in [4.78, 5) is 17.8. The van der Waals surface area contributed by atoms with Crippen molar-refractivity contribution in [3.05, 3.63) is 95.9 Å². The molecule has 3 aromatic rings. The predicted octanol–water partition coefficient (Wildman–Crippen LogP) is 9.06. The Labute approximate surface area is 249 Å². The van der Waals surface area contributed by atoms with Gasteiger partial charge in [0.25, 0.3) is 0 Å². The summed E-state index contributed by atoms with van der Waals surface area (Å²) in [5.41, 5.74) is 6.66. The Balaban J connectivity index is 1.43. The van der Waals surface area contributed by atoms with Crippen molar-refractivity contribution in [2.45, 2.75) is 31.8 Å². The summed E-state index contributed by atoms with van der Waals surface area (Å²) in [7, 11) is 0. The molecule has 196 valence electrons. The van der Waals surface area contributed by atoms with Crippen molar-refractivity contribution in [3.63, 3.8) is 0 Å². The van der Waals surface area contributed by atoms with Gasteiger partial charge < -0.3 is 14.5 Å². The van der Waals surface area contributed by atoms with Gasteiger partial charge in [-0.05, 0) is 105 Å². The Morgan fingerprint density at radius 1 is 0.763 bits per heavy atom. The maximum absolute atomic E-state index is 12.9. The van der Waals surface area contributed by atoms with Gasteiger partial charge in [-0.25, -0.2) is 4.79 Å². The number of hydrogen-bond acceptors (Lipinski definition) is 4. The zero-order chi connectivity index (χ0) is 26.4. The topological polar surface area (TPSA) is 32.8 Å². The molecule has 0 aromatic heterocycles. The van der Waals surface area contributed by atoms with Crippen LogP contribution in [0.15, 0.2) is 63.6 Å². The van der Waals surface area contributed by atoms with Gasteiger partial charge in [-0.1, -0.05) is 47.5 Å². The molecular formula is C30H26Br2Cl2N2O2. The number of benzene rings is 3. The quantitative estimate of drug-likeness (QED) is 0.153. The fraction of sp³-hybridized carbons (Fsp3) is 0.300. The number of anilines is 2. The van der Waals surface area contributed by atoms with Gasteiger partial charge >= 0.3 is 5.97 Å². The molecule has 0 aliphatic carbocycles. The first-order chi connectivity index (χ1) is 18.4. The molecule has 0 amide bonds. The molecule has 0 N–H and O–H groups in total. The van der Waals surface area contributed by atoms with Gasteiger partial charge in [-0.3, -0.25) is 0 Å². The van der Waals surface area contributed by atoms with E-state index in [0.717, 1.165) is 42.9 Å². The second-order valence-electron chi connectivity index (χ2n) is 9.93. The minimum Gasteiger partial charge on any atom is -0.449 e. The molecule has 2 saturated heterocycles. The Hall–Kier alpha value is -1.99. The Morgan fingerprint density at radius 3 is 1.68 bits per heavy atom. The number of esters is 1. The molecule has 2 fully saturated rings. The monoisotopic (exact) mass is 674 g/mol. The van der Waals surface area contributed by atoms with Crippen LogP contribution in [0.4, 0.5) is 11.4 Å². The van der Waals surface area contributed by atoms with E-state index in [-0.39, 0.29) is 5.02 Å². The maximum Gasteiger partial charge on any atom is 0.340 e. The average molecular weight is 677 g/mol. The SMILES string of the molecule is O=C1OC(C=C(c2ccc(N3CCCC3)cc2)c2ccc(N3CCCC3)cc2)c2c(Br)c(Cl)c(Cl)c(Br)c21. The summed E-state index contributed by atoms with van der Waals surface area (Å²) in [6.45, 7) is 4.39. The minimum absolute atomic E-state index is 0.286. The number of cyclic esters (lactones) is 1. The molecule has 3 heterocycles. The van der Waals surface area contributed by atoms with Crippen LogP contribution in [0.2, 0.25) is 10.0 Å². The molecule has 6 rings (SSSR count). The number of halogens is 4. The van der Waals surface area contributed by atoms with E-state index in [0.29, 0.717) is 25.1 Å². The van der Waals surface area contributed by atoms with Gasteiger partial charge in [0.15, 0.2) is 0 Å². The standard InChI is InChI=1S/C30H26Br2Cl2N2O2/c31-26-24-23(38-30(37)25(24)27(32)29(34)28(26)33)17-22(18-5-9-20(10-6-18)35-13-1-2-14-35)19-7-11-21(12-8-19)36-15-3-4-16-36/h5-12,17,23H,1-4,13-16H2. The van der Waals surface area contributed by atoms with Crippen molar-refractivity contribution in [1.29, 1.82) is 0 Å². The lowest BCUT2D eigenvalue weighted by atomic mass is 9.94. The van der Waals surface area contributed by atoms with Crippen LogP contribution in [0.1, 0.15) is 58.8 Å². The molecule has 8 heteroatoms. The van der Waals surface area contributed by atoms with Crippen molar-refractivity contribution in [1.82, 2.24) is 0 Å². The van der Waals surface area contributed by atoms with Crippen LogP contribution in [-0.2, 0) is 4.74 Å². The largest absolute Gasteiger partial charge is 0.449 e. The predicted molar refractivity (Wildman–Crippen MR) is 163 cm³/mol. The lowest BCUT2D eigenvalue weighted by Gasteiger charge is -2.20. The molecule has 3 aromatic carbocycles. The highest BCUT2D eigenvalue weighted by Crippen LogP contribution is 2.49. The Bertz CT molecular complexity index is 1350. The smallest absolute Gasteiger partial charge is 0.340 e. The number of nitrogens with zero attached hydrogens (tertiary/aromatic N) is 2. The molecule has 0 saturated carbocycles. The number of rotatable bonds is 5. The van der Waals surface area contributed by atoms with Crippen LogP contribution in [-0.4, -0.2) is 32.1 Å². The first kappa shape index (κ1) is 26.2. The van der Waals surface area contributed by atoms with Crippen molar-refractivity contribution in [3.8, 4) is 0 Å². The van der Waals surface area contributed by atoms with Crippen LogP contribution in [0, 0.1) is 0 Å². The highest BCUT2D eigenvalue weighted by molar-refractivity contribution is 9.11. The second kappa shape index (κ2) is 10.9. The summed E-state index contributed by atoms with van der Waals surface area (Å²) >= 11 is 19.9. The van der Waals surface area contributed by atoms with Crippen LogP contribution in [0.5, 0.6) is 0 Å². The Morgan fingerprint density at radius 2 is 1.21 bits per heavy atom. The molecule has 3 aliphatic heterocycles. The zero-order valence-electron chi connectivity index (χ0n) is 20.7. The molecule has 0 bridgehead atoms. The molecule has 1 unspecified atom stereocenters. The summed E-state index contributed by atoms with van der Waals surface area (Å²) in [6, 6.07) is 17.4. The molecule has 1 atom stereocenters. The van der Waals surface area contributed by atoms with Crippen molar-refractivity contribution in [2.75, 3.05) is 36.0 Å². The van der Waals surface area contributed by atoms with Gasteiger partial charge in [0, 0.05) is 47.6 Å². The van der Waals surface area contributed by atoms with E-state index in [1.54, 1.807) is 0 Å². The van der Waals surface area contributed by atoms with E-state index in [2.05, 4.69) is 90.2 Å². The minimum atomic E-state index is -0.621. The molecule has 3 aliphatic rings. The van der Waals surface area contributed by atoms with E-state index >= 15 is 0 Å². The third kappa shape index (κ3) is 4.78. The van der Waals surface area contributed by atoms with E-state index in [1.165, 1.54) is 37.1 Å². The van der Waals surface area contributed by atoms with Gasteiger partial charge in [0.1, 0.15) is 6.10 Å². The van der Waals surface area contributed by atoms with Crippen molar-refractivity contribution < 1.29 is 9.53 Å². The van der Waals surface area contributed by atoms with Gasteiger partial charge in [0.2, 0.25) is 0 Å². The van der Waals surface area contributed by atoms with Crippen molar-refractivity contribution >= 4 is 78.0 Å². The number of hydrogen-bond donors (Lipinski definition) is 0. The third-order valence-electron chi connectivity index (χ3n) is 7.64. The van der Waals surface area contributed by atoms with E-state index in [9.17, 15) is 4.79 Å². The highest BCUT2D eigenvalue weighted by atomic mass is 79.9. The molecule has 0 spiro atoms. The molecule has 4 nitrogen and oxygen atoms in total. The lowest BCUT2D eigenvalue weighted by molar-refractivity contribution is 0.0467. The summed E-state index contributed by atoms with van der Waals surface area (Å²) in [6.07, 6.45) is 6.34. The third-order valence-corrected chi connectivity index (χ3v) is 10.6. The summed E-state index contributed by atoms with van der Waals surface area (Å²) in [5.74, 6) is -0.430. The normalized spacial score (nSPS) is 18.6. The first-order valence-corrected chi connectivity index (χ1v) is 15.3. The number of fused-ring (bicyclic) bond motifs is 1. The van der Waals surface area contributed by atoms with Gasteiger partial charge in [-0.2, -0.15) is 0 Å². The average Bonchev–Trinajstić information content (AvgIpc) is 3.72. The lowest BCUT2D eigenvalue weighted by Crippen LogP contribution is -2.17. The van der Waals surface area contributed by atoms with Crippen LogP contribution in [0.25, 0.3) is 5.57 Å². The van der Waals surface area contributed by atoms with Gasteiger partial charge in [-0.15, -0.1) is 0 Å². The molecule has 38 heavy (non-hydrogen) atoms. The fourth-order valence-electron chi connectivity index (χ4n) is 5.63. The number of carbonyl (C=O) groups is 1. The zero-order valence-corrected chi connectivity index (χ0v) is 25.3. The number of ether oxygens (including phenoxy) is 1. The fourth-order valence-corrected chi connectivity index (χ4v) is 7.44. The second-order valence-corrected chi connectivity index (χ2v) is 12.3. The van der Waals surface area contributed by atoms with Crippen LogP contribution < -0.4 is 9.80 Å². The molecule has 0 radical (unpaired) electrons. The van der Waals surface area contributed by atoms with Gasteiger partial charge in [0.05, 0.1) is 20.1 Å². The molecular weight excluding hydrogens is 651 g/mol. The highest BCUT2D eigenvalue weighted by Gasteiger charge is 2.37. The van der Waals surface area contributed by atoms with Crippen molar-refractivity contribution in [2.24, 2.45) is 0 Å². The van der Waals surface area contributed by atoms with E-state index in [4.69, 9.17) is 27.9 Å². The summed E-state index contributed by atoms with van der Waals surface area (Å²) < 4.78 is 6.90. The maximum atomic E-state index is 12.9. The van der Waals surface area contributed by atoms with Crippen LogP contribution in [0.3, 0.4) is 0 Å².